The maximum absolute atomic E-state index is 13.5. The Morgan fingerprint density at radius 2 is 1.50 bits per heavy atom. The highest BCUT2D eigenvalue weighted by Crippen LogP contribution is 2.33. The van der Waals surface area contributed by atoms with E-state index in [-0.39, 0.29) is 24.9 Å². The molecular formula is C20H22F5N5. The fraction of sp³-hybridized carbons (Fsp3) is 0.500. The zero-order chi connectivity index (χ0) is 21.3. The third-order valence-electron chi connectivity index (χ3n) is 5.35. The molecule has 1 aromatic carbocycles. The van der Waals surface area contributed by atoms with Crippen molar-refractivity contribution in [3.8, 4) is 0 Å². The number of hydrogen-bond donors (Lipinski definition) is 1. The van der Waals surface area contributed by atoms with E-state index in [9.17, 15) is 22.0 Å². The number of benzene rings is 1. The number of nitrogens with one attached hydrogen (secondary N) is 1. The lowest BCUT2D eigenvalue weighted by molar-refractivity contribution is -0.141. The molecule has 1 aromatic heterocycles. The molecule has 30 heavy (non-hydrogen) atoms. The van der Waals surface area contributed by atoms with Gasteiger partial charge < -0.3 is 15.1 Å². The fourth-order valence-electron chi connectivity index (χ4n) is 3.75. The molecule has 2 aromatic rings. The van der Waals surface area contributed by atoms with Crippen LogP contribution in [0.1, 0.15) is 25.0 Å². The zero-order valence-electron chi connectivity index (χ0n) is 16.2. The normalized spacial score (nSPS) is 22.4. The summed E-state index contributed by atoms with van der Waals surface area (Å²) in [6, 6.07) is 8.00. The summed E-state index contributed by atoms with van der Waals surface area (Å²) in [5.41, 5.74) is 0.401. The van der Waals surface area contributed by atoms with E-state index in [1.54, 1.807) is 12.1 Å². The molecule has 2 aliphatic heterocycles. The number of aromatic nitrogens is 2. The Morgan fingerprint density at radius 1 is 0.867 bits per heavy atom. The van der Waals surface area contributed by atoms with Gasteiger partial charge in [0, 0.05) is 30.5 Å². The Hall–Kier alpha value is -2.65. The van der Waals surface area contributed by atoms with Gasteiger partial charge in [-0.3, -0.25) is 0 Å². The van der Waals surface area contributed by atoms with E-state index < -0.39 is 24.2 Å². The average Bonchev–Trinajstić information content (AvgIpc) is 3.07. The lowest BCUT2D eigenvalue weighted by Crippen LogP contribution is -2.29. The van der Waals surface area contributed by atoms with Crippen molar-refractivity contribution in [2.45, 2.75) is 37.8 Å². The minimum atomic E-state index is -4.71. The van der Waals surface area contributed by atoms with Crippen LogP contribution >= 0.6 is 0 Å². The van der Waals surface area contributed by atoms with E-state index in [1.165, 1.54) is 6.42 Å². The summed E-state index contributed by atoms with van der Waals surface area (Å²) in [4.78, 5) is 11.0. The first-order valence-corrected chi connectivity index (χ1v) is 9.91. The second-order valence-corrected chi connectivity index (χ2v) is 7.59. The SMILES string of the molecule is F[C@H]1CN(c2cc(C(F)(F)F)nc(Nc3ccc(N4CCCCC4)cc3)n2)C[C@@H]1F. The molecule has 2 saturated heterocycles. The minimum absolute atomic E-state index is 0.160. The minimum Gasteiger partial charge on any atom is -0.372 e. The lowest BCUT2D eigenvalue weighted by atomic mass is 10.1. The molecule has 0 amide bonds. The van der Waals surface area contributed by atoms with Crippen LogP contribution in [-0.4, -0.2) is 48.5 Å². The van der Waals surface area contributed by atoms with Gasteiger partial charge in [-0.15, -0.1) is 0 Å². The maximum Gasteiger partial charge on any atom is 0.433 e. The molecule has 0 aliphatic carbocycles. The highest BCUT2D eigenvalue weighted by molar-refractivity contribution is 5.60. The van der Waals surface area contributed by atoms with Gasteiger partial charge in [-0.05, 0) is 43.5 Å². The van der Waals surface area contributed by atoms with Crippen molar-refractivity contribution in [3.05, 3.63) is 36.0 Å². The molecule has 2 aliphatic rings. The Labute approximate surface area is 170 Å². The van der Waals surface area contributed by atoms with E-state index in [0.717, 1.165) is 42.6 Å². The third-order valence-corrected chi connectivity index (χ3v) is 5.35. The monoisotopic (exact) mass is 427 g/mol. The zero-order valence-corrected chi connectivity index (χ0v) is 16.2. The molecule has 0 saturated carbocycles. The van der Waals surface area contributed by atoms with Crippen LogP contribution in [0.4, 0.5) is 45.1 Å². The molecule has 0 spiro atoms. The molecule has 4 rings (SSSR count). The first kappa shape index (κ1) is 20.6. The summed E-state index contributed by atoms with van der Waals surface area (Å²) in [6.45, 7) is 1.26. The summed E-state index contributed by atoms with van der Waals surface area (Å²) in [5.74, 6) is -0.434. The van der Waals surface area contributed by atoms with Crippen LogP contribution in [0.15, 0.2) is 30.3 Å². The lowest BCUT2D eigenvalue weighted by Gasteiger charge is -2.28. The summed E-state index contributed by atoms with van der Waals surface area (Å²) in [5, 5.41) is 2.78. The van der Waals surface area contributed by atoms with Crippen LogP contribution in [0.25, 0.3) is 0 Å². The number of hydrogen-bond acceptors (Lipinski definition) is 5. The van der Waals surface area contributed by atoms with E-state index in [0.29, 0.717) is 5.69 Å². The van der Waals surface area contributed by atoms with Crippen molar-refractivity contribution in [1.29, 1.82) is 0 Å². The van der Waals surface area contributed by atoms with Crippen molar-refractivity contribution in [2.24, 2.45) is 0 Å². The molecule has 3 heterocycles. The summed E-state index contributed by atoms with van der Waals surface area (Å²) >= 11 is 0. The van der Waals surface area contributed by atoms with Gasteiger partial charge in [0.15, 0.2) is 18.0 Å². The highest BCUT2D eigenvalue weighted by Gasteiger charge is 2.37. The number of halogens is 5. The molecule has 0 unspecified atom stereocenters. The molecular weight excluding hydrogens is 405 g/mol. The molecule has 0 radical (unpaired) electrons. The Morgan fingerprint density at radius 3 is 2.10 bits per heavy atom. The first-order chi connectivity index (χ1) is 14.3. The Bertz CT molecular complexity index is 857. The highest BCUT2D eigenvalue weighted by atomic mass is 19.4. The smallest absolute Gasteiger partial charge is 0.372 e. The Kier molecular flexibility index (Phi) is 5.66. The standard InChI is InChI=1S/C20H22F5N5/c21-15-11-30(12-16(15)22)18-10-17(20(23,24)25)27-19(28-18)26-13-4-6-14(7-5-13)29-8-2-1-3-9-29/h4-7,10,15-16H,1-3,8-9,11-12H2,(H,26,27,28)/t15-,16-/m0/s1. The van der Waals surface area contributed by atoms with Gasteiger partial charge in [0.05, 0.1) is 13.1 Å². The van der Waals surface area contributed by atoms with E-state index in [4.69, 9.17) is 0 Å². The largest absolute Gasteiger partial charge is 0.433 e. The summed E-state index contributed by atoms with van der Waals surface area (Å²) < 4.78 is 66.9. The van der Waals surface area contributed by atoms with E-state index in [1.807, 2.05) is 12.1 Å². The maximum atomic E-state index is 13.5. The number of piperidine rings is 1. The average molecular weight is 427 g/mol. The predicted molar refractivity (Wildman–Crippen MR) is 105 cm³/mol. The van der Waals surface area contributed by atoms with E-state index in [2.05, 4.69) is 20.2 Å². The topological polar surface area (TPSA) is 44.3 Å². The molecule has 10 heteroatoms. The molecule has 2 atom stereocenters. The molecule has 2 fully saturated rings. The van der Waals surface area contributed by atoms with Crippen LogP contribution in [0.5, 0.6) is 0 Å². The predicted octanol–water partition coefficient (Wildman–Crippen LogP) is 4.73. The van der Waals surface area contributed by atoms with Gasteiger partial charge in [0.25, 0.3) is 0 Å². The summed E-state index contributed by atoms with van der Waals surface area (Å²) in [7, 11) is 0. The number of alkyl halides is 5. The van der Waals surface area contributed by atoms with Crippen LogP contribution in [0, 0.1) is 0 Å². The second-order valence-electron chi connectivity index (χ2n) is 7.59. The molecule has 5 nitrogen and oxygen atoms in total. The number of nitrogens with zero attached hydrogens (tertiary/aromatic N) is 4. The van der Waals surface area contributed by atoms with Gasteiger partial charge in [0.2, 0.25) is 5.95 Å². The van der Waals surface area contributed by atoms with Gasteiger partial charge >= 0.3 is 6.18 Å². The van der Waals surface area contributed by atoms with Crippen LogP contribution in [-0.2, 0) is 6.18 Å². The second kappa shape index (κ2) is 8.23. The van der Waals surface area contributed by atoms with Gasteiger partial charge in [-0.1, -0.05) is 0 Å². The van der Waals surface area contributed by atoms with Gasteiger partial charge in [-0.2, -0.15) is 18.2 Å². The third kappa shape index (κ3) is 4.57. The van der Waals surface area contributed by atoms with Crippen molar-refractivity contribution in [2.75, 3.05) is 41.3 Å². The number of rotatable bonds is 4. The fourth-order valence-corrected chi connectivity index (χ4v) is 3.75. The van der Waals surface area contributed by atoms with Crippen LogP contribution in [0.3, 0.4) is 0 Å². The van der Waals surface area contributed by atoms with Crippen molar-refractivity contribution in [3.63, 3.8) is 0 Å². The molecule has 162 valence electrons. The van der Waals surface area contributed by atoms with Crippen molar-refractivity contribution < 1.29 is 22.0 Å². The van der Waals surface area contributed by atoms with Crippen LogP contribution in [0.2, 0.25) is 0 Å². The van der Waals surface area contributed by atoms with Gasteiger partial charge in [0.1, 0.15) is 5.82 Å². The van der Waals surface area contributed by atoms with Crippen molar-refractivity contribution >= 4 is 23.1 Å². The van der Waals surface area contributed by atoms with Crippen LogP contribution < -0.4 is 15.1 Å². The quantitative estimate of drug-likeness (QED) is 0.715. The summed E-state index contributed by atoms with van der Waals surface area (Å²) in [6.07, 6.45) is -4.74. The molecule has 1 N–H and O–H groups in total. The van der Waals surface area contributed by atoms with Gasteiger partial charge in [-0.25, -0.2) is 13.8 Å². The number of anilines is 4. The van der Waals surface area contributed by atoms with Crippen molar-refractivity contribution in [1.82, 2.24) is 9.97 Å². The van der Waals surface area contributed by atoms with E-state index >= 15 is 0 Å². The Balaban J connectivity index is 1.56. The first-order valence-electron chi connectivity index (χ1n) is 9.91. The molecule has 0 bridgehead atoms.